The molecule has 1 aliphatic heterocycles. The van der Waals surface area contributed by atoms with Crippen LogP contribution >= 0.6 is 0 Å². The summed E-state index contributed by atoms with van der Waals surface area (Å²) in [6, 6.07) is -0.205. The van der Waals surface area contributed by atoms with Crippen LogP contribution in [-0.4, -0.2) is 28.5 Å². The van der Waals surface area contributed by atoms with Crippen LogP contribution in [0.15, 0.2) is 12.2 Å². The Morgan fingerprint density at radius 3 is 2.53 bits per heavy atom. The maximum absolute atomic E-state index is 12.0. The molecule has 0 radical (unpaired) electrons. The zero-order chi connectivity index (χ0) is 12.4. The molecule has 1 aliphatic carbocycles. The lowest BCUT2D eigenvalue weighted by molar-refractivity contribution is -0.141. The van der Waals surface area contributed by atoms with E-state index < -0.39 is 0 Å². The van der Waals surface area contributed by atoms with Crippen LogP contribution < -0.4 is 0 Å². The summed E-state index contributed by atoms with van der Waals surface area (Å²) < 4.78 is 0. The standard InChI is InChI=1S/C13H17NO3/c1-2-4-11(15)9-5-3-6-10(9)14-12(16)7-8-13(14)17/h7-10H,2-6H2,1H3. The predicted molar refractivity (Wildman–Crippen MR) is 62.0 cm³/mol. The van der Waals surface area contributed by atoms with Crippen LogP contribution in [0.25, 0.3) is 0 Å². The number of amides is 2. The van der Waals surface area contributed by atoms with Gasteiger partial charge in [0.15, 0.2) is 0 Å². The Labute approximate surface area is 101 Å². The first-order valence-electron chi connectivity index (χ1n) is 6.23. The lowest BCUT2D eigenvalue weighted by Crippen LogP contribution is -2.44. The minimum atomic E-state index is -0.267. The summed E-state index contributed by atoms with van der Waals surface area (Å²) in [6.07, 6.45) is 6.44. The SMILES string of the molecule is CCCC(=O)C1CCCC1N1C(=O)C=CC1=O. The van der Waals surface area contributed by atoms with Crippen molar-refractivity contribution in [1.82, 2.24) is 4.90 Å². The summed E-state index contributed by atoms with van der Waals surface area (Å²) in [5.74, 6) is -0.474. The quantitative estimate of drug-likeness (QED) is 0.693. The monoisotopic (exact) mass is 235 g/mol. The molecule has 92 valence electrons. The third kappa shape index (κ3) is 2.16. The van der Waals surface area contributed by atoms with E-state index in [4.69, 9.17) is 0 Å². The number of hydrogen-bond acceptors (Lipinski definition) is 3. The van der Waals surface area contributed by atoms with Crippen molar-refractivity contribution in [2.75, 3.05) is 0 Å². The number of imide groups is 1. The molecule has 4 heteroatoms. The number of ketones is 1. The van der Waals surface area contributed by atoms with Crippen molar-refractivity contribution in [3.8, 4) is 0 Å². The highest BCUT2D eigenvalue weighted by molar-refractivity contribution is 6.13. The van der Waals surface area contributed by atoms with Crippen molar-refractivity contribution in [2.24, 2.45) is 5.92 Å². The molecule has 1 fully saturated rings. The van der Waals surface area contributed by atoms with Gasteiger partial charge in [0.05, 0.1) is 6.04 Å². The van der Waals surface area contributed by atoms with E-state index in [9.17, 15) is 14.4 Å². The van der Waals surface area contributed by atoms with E-state index in [1.165, 1.54) is 17.1 Å². The molecule has 2 aliphatic rings. The van der Waals surface area contributed by atoms with Gasteiger partial charge in [-0.1, -0.05) is 13.3 Å². The fourth-order valence-corrected chi connectivity index (χ4v) is 2.80. The van der Waals surface area contributed by atoms with E-state index in [1.807, 2.05) is 6.92 Å². The fraction of sp³-hybridized carbons (Fsp3) is 0.615. The van der Waals surface area contributed by atoms with Gasteiger partial charge in [-0.25, -0.2) is 0 Å². The van der Waals surface area contributed by atoms with Crippen LogP contribution in [0.4, 0.5) is 0 Å². The number of carbonyl (C=O) groups excluding carboxylic acids is 3. The molecular formula is C13H17NO3. The van der Waals surface area contributed by atoms with Gasteiger partial charge in [0.1, 0.15) is 5.78 Å². The van der Waals surface area contributed by atoms with E-state index in [0.29, 0.717) is 6.42 Å². The summed E-state index contributed by atoms with van der Waals surface area (Å²) in [4.78, 5) is 36.4. The molecule has 2 unspecified atom stereocenters. The van der Waals surface area contributed by atoms with Crippen molar-refractivity contribution < 1.29 is 14.4 Å². The van der Waals surface area contributed by atoms with Crippen LogP contribution in [0, 0.1) is 5.92 Å². The van der Waals surface area contributed by atoms with Gasteiger partial charge in [-0.05, 0) is 19.3 Å². The van der Waals surface area contributed by atoms with Crippen LogP contribution in [0.1, 0.15) is 39.0 Å². The third-order valence-electron chi connectivity index (χ3n) is 3.56. The molecule has 0 aromatic rings. The summed E-state index contributed by atoms with van der Waals surface area (Å²) in [5, 5.41) is 0. The topological polar surface area (TPSA) is 54.5 Å². The minimum absolute atomic E-state index is 0.136. The van der Waals surface area contributed by atoms with Crippen LogP contribution in [-0.2, 0) is 14.4 Å². The Morgan fingerprint density at radius 1 is 1.29 bits per heavy atom. The van der Waals surface area contributed by atoms with Gasteiger partial charge in [0.2, 0.25) is 0 Å². The van der Waals surface area contributed by atoms with Crippen LogP contribution in [0.5, 0.6) is 0 Å². The van der Waals surface area contributed by atoms with Crippen molar-refractivity contribution in [1.29, 1.82) is 0 Å². The van der Waals surface area contributed by atoms with E-state index in [-0.39, 0.29) is 29.6 Å². The van der Waals surface area contributed by atoms with Gasteiger partial charge in [-0.2, -0.15) is 0 Å². The number of Topliss-reactive ketones (excluding diaryl/α,β-unsaturated/α-hetero) is 1. The second kappa shape index (κ2) is 4.82. The number of hydrogen-bond donors (Lipinski definition) is 0. The third-order valence-corrected chi connectivity index (χ3v) is 3.56. The first kappa shape index (κ1) is 12.0. The molecule has 0 saturated heterocycles. The van der Waals surface area contributed by atoms with Gasteiger partial charge in [-0.3, -0.25) is 19.3 Å². The number of nitrogens with zero attached hydrogens (tertiary/aromatic N) is 1. The van der Waals surface area contributed by atoms with E-state index in [1.54, 1.807) is 0 Å². The van der Waals surface area contributed by atoms with Gasteiger partial charge in [0.25, 0.3) is 11.8 Å². The molecule has 0 spiro atoms. The molecule has 1 heterocycles. The second-order valence-electron chi connectivity index (χ2n) is 4.70. The molecule has 2 rings (SSSR count). The summed E-state index contributed by atoms with van der Waals surface area (Å²) in [7, 11) is 0. The maximum atomic E-state index is 12.0. The molecular weight excluding hydrogens is 218 g/mol. The first-order chi connectivity index (χ1) is 8.15. The molecule has 0 aromatic carbocycles. The van der Waals surface area contributed by atoms with Crippen molar-refractivity contribution in [3.63, 3.8) is 0 Å². The Hall–Kier alpha value is -1.45. The average Bonchev–Trinajstić information content (AvgIpc) is 2.86. The molecule has 17 heavy (non-hydrogen) atoms. The highest BCUT2D eigenvalue weighted by Gasteiger charge is 2.41. The molecule has 0 aromatic heterocycles. The van der Waals surface area contributed by atoms with Crippen molar-refractivity contribution >= 4 is 17.6 Å². The van der Waals surface area contributed by atoms with Gasteiger partial charge >= 0.3 is 0 Å². The van der Waals surface area contributed by atoms with Gasteiger partial charge in [0, 0.05) is 24.5 Å². The lowest BCUT2D eigenvalue weighted by Gasteiger charge is -2.26. The molecule has 4 nitrogen and oxygen atoms in total. The van der Waals surface area contributed by atoms with Crippen molar-refractivity contribution in [3.05, 3.63) is 12.2 Å². The maximum Gasteiger partial charge on any atom is 0.253 e. The second-order valence-corrected chi connectivity index (χ2v) is 4.70. The minimum Gasteiger partial charge on any atom is -0.299 e. The normalized spacial score (nSPS) is 28.2. The van der Waals surface area contributed by atoms with E-state index in [2.05, 4.69) is 0 Å². The molecule has 0 bridgehead atoms. The largest absolute Gasteiger partial charge is 0.299 e. The molecule has 0 N–H and O–H groups in total. The highest BCUT2D eigenvalue weighted by Crippen LogP contribution is 2.33. The Morgan fingerprint density at radius 2 is 1.94 bits per heavy atom. The zero-order valence-electron chi connectivity index (χ0n) is 10.0. The predicted octanol–water partition coefficient (Wildman–Crippen LogP) is 1.45. The molecule has 1 saturated carbocycles. The van der Waals surface area contributed by atoms with E-state index in [0.717, 1.165) is 25.7 Å². The summed E-state index contributed by atoms with van der Waals surface area (Å²) >= 11 is 0. The smallest absolute Gasteiger partial charge is 0.253 e. The molecule has 2 amide bonds. The number of rotatable bonds is 4. The Bertz CT molecular complexity index is 368. The van der Waals surface area contributed by atoms with Crippen LogP contribution in [0.2, 0.25) is 0 Å². The lowest BCUT2D eigenvalue weighted by atomic mass is 9.94. The summed E-state index contributed by atoms with van der Waals surface area (Å²) in [5.41, 5.74) is 0. The summed E-state index contributed by atoms with van der Waals surface area (Å²) in [6.45, 7) is 1.97. The highest BCUT2D eigenvalue weighted by atomic mass is 16.2. The average molecular weight is 235 g/mol. The van der Waals surface area contributed by atoms with Gasteiger partial charge in [-0.15, -0.1) is 0 Å². The zero-order valence-corrected chi connectivity index (χ0v) is 10.0. The first-order valence-corrected chi connectivity index (χ1v) is 6.23. The fourth-order valence-electron chi connectivity index (χ4n) is 2.80. The van der Waals surface area contributed by atoms with Gasteiger partial charge < -0.3 is 0 Å². The Balaban J connectivity index is 2.12. The van der Waals surface area contributed by atoms with Crippen LogP contribution in [0.3, 0.4) is 0 Å². The molecule has 2 atom stereocenters. The Kier molecular flexibility index (Phi) is 3.41. The van der Waals surface area contributed by atoms with Crippen molar-refractivity contribution in [2.45, 2.75) is 45.1 Å². The number of carbonyl (C=O) groups is 3. The van der Waals surface area contributed by atoms with E-state index >= 15 is 0 Å².